The van der Waals surface area contributed by atoms with Gasteiger partial charge in [-0.1, -0.05) is 48.2 Å². The molecule has 0 spiro atoms. The molecule has 0 bridgehead atoms. The van der Waals surface area contributed by atoms with Gasteiger partial charge >= 0.3 is 0 Å². The average molecular weight is 350 g/mol. The van der Waals surface area contributed by atoms with Crippen molar-refractivity contribution >= 4 is 17.8 Å². The third kappa shape index (κ3) is 3.39. The Morgan fingerprint density at radius 3 is 2.68 bits per heavy atom. The Hall–Kier alpha value is -2.73. The number of ether oxygens (including phenoxy) is 1. The normalized spacial score (nSPS) is 16.0. The van der Waals surface area contributed by atoms with E-state index >= 15 is 0 Å². The van der Waals surface area contributed by atoms with E-state index in [-0.39, 0.29) is 5.37 Å². The Balaban J connectivity index is 1.50. The van der Waals surface area contributed by atoms with Gasteiger partial charge in [0.25, 0.3) is 0 Å². The van der Waals surface area contributed by atoms with Crippen molar-refractivity contribution in [2.24, 2.45) is 0 Å². The highest BCUT2D eigenvalue weighted by atomic mass is 32.2. The molecule has 0 aliphatic carbocycles. The molecule has 0 saturated heterocycles. The zero-order valence-electron chi connectivity index (χ0n) is 13.8. The summed E-state index contributed by atoms with van der Waals surface area (Å²) in [5, 5.41) is 9.59. The molecule has 0 amide bonds. The first-order valence-corrected chi connectivity index (χ1v) is 9.06. The Morgan fingerprint density at radius 1 is 1.12 bits per heavy atom. The number of thioether (sulfide) groups is 1. The molecule has 0 fully saturated rings. The molecule has 126 valence electrons. The molecule has 25 heavy (non-hydrogen) atoms. The van der Waals surface area contributed by atoms with Crippen LogP contribution in [0.4, 0.5) is 0 Å². The number of hydrogen-bond donors (Lipinski definition) is 1. The second-order valence-electron chi connectivity index (χ2n) is 5.54. The summed E-state index contributed by atoms with van der Waals surface area (Å²) in [5.74, 6) is 1.67. The van der Waals surface area contributed by atoms with Gasteiger partial charge in [0.05, 0.1) is 6.61 Å². The molecule has 1 aliphatic rings. The third-order valence-electron chi connectivity index (χ3n) is 3.81. The smallest absolute Gasteiger partial charge is 0.212 e. The maximum Gasteiger partial charge on any atom is 0.212 e. The predicted molar refractivity (Wildman–Crippen MR) is 101 cm³/mol. The molecule has 0 radical (unpaired) electrons. The van der Waals surface area contributed by atoms with Gasteiger partial charge in [0.1, 0.15) is 11.1 Å². The van der Waals surface area contributed by atoms with Crippen molar-refractivity contribution in [3.8, 4) is 17.1 Å². The predicted octanol–water partition coefficient (Wildman–Crippen LogP) is 4.03. The summed E-state index contributed by atoms with van der Waals surface area (Å²) >= 11 is 1.65. The highest BCUT2D eigenvalue weighted by molar-refractivity contribution is 8.00. The Morgan fingerprint density at radius 2 is 1.92 bits per heavy atom. The van der Waals surface area contributed by atoms with Crippen LogP contribution in [0.25, 0.3) is 17.5 Å². The largest absolute Gasteiger partial charge is 0.494 e. The van der Waals surface area contributed by atoms with Crippen LogP contribution in [-0.2, 0) is 0 Å². The first kappa shape index (κ1) is 15.8. The van der Waals surface area contributed by atoms with Gasteiger partial charge in [-0.3, -0.25) is 0 Å². The van der Waals surface area contributed by atoms with E-state index < -0.39 is 0 Å². The van der Waals surface area contributed by atoms with Gasteiger partial charge in [0.2, 0.25) is 5.16 Å². The van der Waals surface area contributed by atoms with Crippen molar-refractivity contribution in [2.75, 3.05) is 12.0 Å². The minimum atomic E-state index is 0.132. The van der Waals surface area contributed by atoms with Crippen LogP contribution in [0.15, 0.2) is 65.8 Å². The summed E-state index contributed by atoms with van der Waals surface area (Å²) in [6.45, 7) is 2.64. The summed E-state index contributed by atoms with van der Waals surface area (Å²) in [6, 6.07) is 18.2. The number of rotatable bonds is 5. The quantitative estimate of drug-likeness (QED) is 0.753. The Kier molecular flexibility index (Phi) is 4.43. The fraction of sp³-hybridized carbons (Fsp3) is 0.158. The standard InChI is InChI=1S/C19H18N4OS/c1-2-24-16-11-9-15(10-12-16)18-20-21-19-23(18)22-17(25-19)13-8-14-6-4-3-5-7-14/h3-13,17,22H,2H2,1H3/b13-8+/t17-/m1/s1. The van der Waals surface area contributed by atoms with Gasteiger partial charge in [-0.25, -0.2) is 4.68 Å². The zero-order chi connectivity index (χ0) is 17.1. The topological polar surface area (TPSA) is 52.0 Å². The number of aromatic nitrogens is 3. The van der Waals surface area contributed by atoms with E-state index in [2.05, 4.69) is 39.9 Å². The van der Waals surface area contributed by atoms with Gasteiger partial charge in [-0.15, -0.1) is 10.2 Å². The fourth-order valence-electron chi connectivity index (χ4n) is 2.63. The van der Waals surface area contributed by atoms with Crippen molar-refractivity contribution in [1.82, 2.24) is 14.9 Å². The summed E-state index contributed by atoms with van der Waals surface area (Å²) in [5.41, 5.74) is 5.61. The lowest BCUT2D eigenvalue weighted by Gasteiger charge is -2.09. The van der Waals surface area contributed by atoms with E-state index in [9.17, 15) is 0 Å². The molecule has 4 rings (SSSR count). The highest BCUT2D eigenvalue weighted by Crippen LogP contribution is 2.32. The highest BCUT2D eigenvalue weighted by Gasteiger charge is 2.25. The lowest BCUT2D eigenvalue weighted by atomic mass is 10.2. The van der Waals surface area contributed by atoms with E-state index in [0.29, 0.717) is 6.61 Å². The van der Waals surface area contributed by atoms with E-state index in [1.165, 1.54) is 5.56 Å². The van der Waals surface area contributed by atoms with Crippen LogP contribution >= 0.6 is 11.8 Å². The molecule has 6 heteroatoms. The number of nitrogens with one attached hydrogen (secondary N) is 1. The van der Waals surface area contributed by atoms with Crippen LogP contribution in [0, 0.1) is 0 Å². The lowest BCUT2D eigenvalue weighted by Crippen LogP contribution is -2.17. The molecule has 2 aromatic carbocycles. The maximum atomic E-state index is 5.49. The second kappa shape index (κ2) is 7.03. The third-order valence-corrected chi connectivity index (χ3v) is 4.80. The van der Waals surface area contributed by atoms with Crippen LogP contribution in [0.1, 0.15) is 12.5 Å². The molecule has 0 saturated carbocycles. The number of fused-ring (bicyclic) bond motifs is 1. The second-order valence-corrected chi connectivity index (χ2v) is 6.65. The van der Waals surface area contributed by atoms with Gasteiger partial charge in [0, 0.05) is 5.56 Å². The van der Waals surface area contributed by atoms with Crippen molar-refractivity contribution < 1.29 is 4.74 Å². The van der Waals surface area contributed by atoms with Crippen LogP contribution in [-0.4, -0.2) is 26.9 Å². The molecule has 1 aromatic heterocycles. The van der Waals surface area contributed by atoms with Crippen molar-refractivity contribution in [3.05, 3.63) is 66.2 Å². The van der Waals surface area contributed by atoms with Gasteiger partial charge in [-0.2, -0.15) is 0 Å². The average Bonchev–Trinajstić information content (AvgIpc) is 3.22. The van der Waals surface area contributed by atoms with Crippen molar-refractivity contribution in [2.45, 2.75) is 17.5 Å². The molecule has 0 unspecified atom stereocenters. The van der Waals surface area contributed by atoms with Crippen LogP contribution in [0.5, 0.6) is 5.75 Å². The molecule has 5 nitrogen and oxygen atoms in total. The number of nitrogens with zero attached hydrogens (tertiary/aromatic N) is 3. The van der Waals surface area contributed by atoms with E-state index in [4.69, 9.17) is 4.74 Å². The van der Waals surface area contributed by atoms with Crippen LogP contribution in [0.2, 0.25) is 0 Å². The summed E-state index contributed by atoms with van der Waals surface area (Å²) in [7, 11) is 0. The molecule has 3 aromatic rings. The minimum Gasteiger partial charge on any atom is -0.494 e. The van der Waals surface area contributed by atoms with Crippen molar-refractivity contribution in [1.29, 1.82) is 0 Å². The van der Waals surface area contributed by atoms with Gasteiger partial charge < -0.3 is 10.2 Å². The molecule has 1 N–H and O–H groups in total. The first-order chi connectivity index (χ1) is 12.3. The SMILES string of the molecule is CCOc1ccc(-c2nnc3n2N[C@@H](/C=C/c2ccccc2)S3)cc1. The molecule has 1 atom stereocenters. The molecule has 1 aliphatic heterocycles. The lowest BCUT2D eigenvalue weighted by molar-refractivity contribution is 0.340. The Bertz CT molecular complexity index is 874. The number of hydrogen-bond acceptors (Lipinski definition) is 5. The minimum absolute atomic E-state index is 0.132. The van der Waals surface area contributed by atoms with E-state index in [0.717, 1.165) is 22.3 Å². The Labute approximate surface area is 150 Å². The molecular formula is C19H18N4OS. The molecule has 2 heterocycles. The zero-order valence-corrected chi connectivity index (χ0v) is 14.6. The maximum absolute atomic E-state index is 5.49. The molecular weight excluding hydrogens is 332 g/mol. The summed E-state index contributed by atoms with van der Waals surface area (Å²) in [6.07, 6.45) is 4.25. The first-order valence-electron chi connectivity index (χ1n) is 8.18. The fourth-order valence-corrected chi connectivity index (χ4v) is 3.50. The monoisotopic (exact) mass is 350 g/mol. The van der Waals surface area contributed by atoms with E-state index in [1.54, 1.807) is 11.8 Å². The summed E-state index contributed by atoms with van der Waals surface area (Å²) < 4.78 is 7.43. The van der Waals surface area contributed by atoms with Crippen LogP contribution < -0.4 is 10.2 Å². The summed E-state index contributed by atoms with van der Waals surface area (Å²) in [4.78, 5) is 0. The van der Waals surface area contributed by atoms with Gasteiger partial charge in [-0.05, 0) is 42.8 Å². The van der Waals surface area contributed by atoms with Crippen LogP contribution in [0.3, 0.4) is 0 Å². The van der Waals surface area contributed by atoms with Crippen molar-refractivity contribution in [3.63, 3.8) is 0 Å². The number of benzene rings is 2. The van der Waals surface area contributed by atoms with E-state index in [1.807, 2.05) is 54.1 Å². The van der Waals surface area contributed by atoms with Gasteiger partial charge in [0.15, 0.2) is 5.82 Å².